The molecule has 130 valence electrons. The van der Waals surface area contributed by atoms with Crippen molar-refractivity contribution in [1.82, 2.24) is 14.7 Å². The van der Waals surface area contributed by atoms with Crippen molar-refractivity contribution in [3.63, 3.8) is 0 Å². The van der Waals surface area contributed by atoms with Crippen LogP contribution in [0.1, 0.15) is 5.56 Å². The SMILES string of the molecule is Cc1cccc(N2CCN(C(=O)C(=O)N3CCN(C)CC3)CC2)c1. The van der Waals surface area contributed by atoms with Crippen LogP contribution in [-0.2, 0) is 9.59 Å². The number of nitrogens with zero attached hydrogens (tertiary/aromatic N) is 4. The molecule has 2 aliphatic heterocycles. The molecule has 0 unspecified atom stereocenters. The normalized spacial score (nSPS) is 19.5. The van der Waals surface area contributed by atoms with Crippen LogP contribution in [0.5, 0.6) is 0 Å². The van der Waals surface area contributed by atoms with Crippen LogP contribution in [-0.4, -0.2) is 85.9 Å². The van der Waals surface area contributed by atoms with Crippen LogP contribution in [0.25, 0.3) is 0 Å². The van der Waals surface area contributed by atoms with Crippen molar-refractivity contribution in [3.05, 3.63) is 29.8 Å². The number of carbonyl (C=O) groups excluding carboxylic acids is 2. The Bertz CT molecular complexity index is 603. The largest absolute Gasteiger partial charge is 0.368 e. The van der Waals surface area contributed by atoms with Crippen LogP contribution >= 0.6 is 0 Å². The summed E-state index contributed by atoms with van der Waals surface area (Å²) in [6.45, 7) is 7.78. The summed E-state index contributed by atoms with van der Waals surface area (Å²) in [6.07, 6.45) is 0. The lowest BCUT2D eigenvalue weighted by molar-refractivity contribution is -0.152. The van der Waals surface area contributed by atoms with Gasteiger partial charge in [-0.05, 0) is 31.7 Å². The Morgan fingerprint density at radius 3 is 1.92 bits per heavy atom. The van der Waals surface area contributed by atoms with Crippen molar-refractivity contribution in [1.29, 1.82) is 0 Å². The van der Waals surface area contributed by atoms with Gasteiger partial charge in [0, 0.05) is 58.0 Å². The molecule has 0 aromatic heterocycles. The minimum Gasteiger partial charge on any atom is -0.368 e. The Morgan fingerprint density at radius 2 is 1.38 bits per heavy atom. The molecule has 0 aliphatic carbocycles. The molecule has 2 saturated heterocycles. The Labute approximate surface area is 143 Å². The van der Waals surface area contributed by atoms with Gasteiger partial charge < -0.3 is 19.6 Å². The average Bonchev–Trinajstić information content (AvgIpc) is 2.61. The molecule has 1 aromatic carbocycles. The van der Waals surface area contributed by atoms with E-state index in [-0.39, 0.29) is 11.8 Å². The summed E-state index contributed by atoms with van der Waals surface area (Å²) in [4.78, 5) is 32.7. The fourth-order valence-corrected chi connectivity index (χ4v) is 3.27. The Balaban J connectivity index is 1.54. The molecule has 0 bridgehead atoms. The maximum absolute atomic E-state index is 12.5. The van der Waals surface area contributed by atoms with Gasteiger partial charge in [-0.25, -0.2) is 0 Å². The Hall–Kier alpha value is -2.08. The van der Waals surface area contributed by atoms with Crippen molar-refractivity contribution in [2.45, 2.75) is 6.92 Å². The number of piperazine rings is 2. The molecule has 2 heterocycles. The minimum atomic E-state index is -0.344. The monoisotopic (exact) mass is 330 g/mol. The summed E-state index contributed by atoms with van der Waals surface area (Å²) < 4.78 is 0. The molecule has 0 radical (unpaired) electrons. The fourth-order valence-electron chi connectivity index (χ4n) is 3.27. The van der Waals surface area contributed by atoms with Gasteiger partial charge in [0.1, 0.15) is 0 Å². The third kappa shape index (κ3) is 3.70. The third-order valence-corrected chi connectivity index (χ3v) is 4.91. The second-order valence-electron chi connectivity index (χ2n) is 6.71. The first kappa shape index (κ1) is 16.8. The second-order valence-corrected chi connectivity index (χ2v) is 6.71. The zero-order valence-corrected chi connectivity index (χ0v) is 14.6. The van der Waals surface area contributed by atoms with Crippen molar-refractivity contribution in [2.75, 3.05) is 64.3 Å². The first-order valence-electron chi connectivity index (χ1n) is 8.63. The summed E-state index contributed by atoms with van der Waals surface area (Å²) in [5, 5.41) is 0. The smallest absolute Gasteiger partial charge is 0.312 e. The van der Waals surface area contributed by atoms with Crippen LogP contribution in [0.4, 0.5) is 5.69 Å². The van der Waals surface area contributed by atoms with Gasteiger partial charge >= 0.3 is 11.8 Å². The van der Waals surface area contributed by atoms with Crippen LogP contribution in [0.3, 0.4) is 0 Å². The molecule has 0 spiro atoms. The van der Waals surface area contributed by atoms with E-state index in [4.69, 9.17) is 0 Å². The zero-order valence-electron chi connectivity index (χ0n) is 14.6. The molecule has 2 aliphatic rings. The van der Waals surface area contributed by atoms with Crippen LogP contribution in [0, 0.1) is 6.92 Å². The molecule has 1 aromatic rings. The highest BCUT2D eigenvalue weighted by Crippen LogP contribution is 2.18. The number of aryl methyl sites for hydroxylation is 1. The Kier molecular flexibility index (Phi) is 5.04. The summed E-state index contributed by atoms with van der Waals surface area (Å²) >= 11 is 0. The highest BCUT2D eigenvalue weighted by Gasteiger charge is 2.30. The molecule has 2 amide bonds. The number of hydrogen-bond acceptors (Lipinski definition) is 4. The maximum atomic E-state index is 12.5. The topological polar surface area (TPSA) is 47.1 Å². The van der Waals surface area contributed by atoms with Gasteiger partial charge in [0.15, 0.2) is 0 Å². The summed E-state index contributed by atoms with van der Waals surface area (Å²) in [5.74, 6) is -0.685. The maximum Gasteiger partial charge on any atom is 0.312 e. The zero-order chi connectivity index (χ0) is 17.1. The quantitative estimate of drug-likeness (QED) is 0.700. The lowest BCUT2D eigenvalue weighted by Gasteiger charge is -2.37. The number of benzene rings is 1. The summed E-state index contributed by atoms with van der Waals surface area (Å²) in [7, 11) is 2.04. The van der Waals surface area contributed by atoms with Crippen molar-refractivity contribution < 1.29 is 9.59 Å². The summed E-state index contributed by atoms with van der Waals surface area (Å²) in [5.41, 5.74) is 2.42. The predicted octanol–water partition coefficient (Wildman–Crippen LogP) is 0.418. The van der Waals surface area contributed by atoms with Crippen molar-refractivity contribution in [3.8, 4) is 0 Å². The van der Waals surface area contributed by atoms with E-state index in [0.717, 1.165) is 26.2 Å². The minimum absolute atomic E-state index is 0.341. The molecule has 24 heavy (non-hydrogen) atoms. The molecule has 3 rings (SSSR count). The number of likely N-dealkylation sites (N-methyl/N-ethyl adjacent to an activating group) is 1. The van der Waals surface area contributed by atoms with E-state index in [1.807, 2.05) is 7.05 Å². The Morgan fingerprint density at radius 1 is 0.833 bits per heavy atom. The highest BCUT2D eigenvalue weighted by molar-refractivity contribution is 6.35. The molecule has 6 nitrogen and oxygen atoms in total. The molecular formula is C18H26N4O2. The van der Waals surface area contributed by atoms with Gasteiger partial charge in [-0.2, -0.15) is 0 Å². The first-order chi connectivity index (χ1) is 11.5. The lowest BCUT2D eigenvalue weighted by atomic mass is 10.2. The van der Waals surface area contributed by atoms with Gasteiger partial charge in [0.25, 0.3) is 0 Å². The van der Waals surface area contributed by atoms with Crippen molar-refractivity contribution >= 4 is 17.5 Å². The van der Waals surface area contributed by atoms with E-state index in [1.54, 1.807) is 9.80 Å². The van der Waals surface area contributed by atoms with Crippen LogP contribution in [0.2, 0.25) is 0 Å². The average molecular weight is 330 g/mol. The molecule has 0 N–H and O–H groups in total. The van der Waals surface area contributed by atoms with Gasteiger partial charge in [0.2, 0.25) is 0 Å². The second kappa shape index (κ2) is 7.21. The number of rotatable bonds is 1. The van der Waals surface area contributed by atoms with Crippen LogP contribution in [0.15, 0.2) is 24.3 Å². The van der Waals surface area contributed by atoms with Crippen molar-refractivity contribution in [2.24, 2.45) is 0 Å². The third-order valence-electron chi connectivity index (χ3n) is 4.91. The van der Waals surface area contributed by atoms with E-state index < -0.39 is 0 Å². The molecule has 0 saturated carbocycles. The molecule has 0 atom stereocenters. The van der Waals surface area contributed by atoms with E-state index in [1.165, 1.54) is 11.3 Å². The van der Waals surface area contributed by atoms with Gasteiger partial charge in [0.05, 0.1) is 0 Å². The predicted molar refractivity (Wildman–Crippen MR) is 94.0 cm³/mol. The molecule has 6 heteroatoms. The number of carbonyl (C=O) groups is 2. The molecular weight excluding hydrogens is 304 g/mol. The van der Waals surface area contributed by atoms with E-state index in [2.05, 4.69) is 41.0 Å². The standard InChI is InChI=1S/C18H26N4O2/c1-15-4-3-5-16(14-15)20-10-12-22(13-11-20)18(24)17(23)21-8-6-19(2)7-9-21/h3-5,14H,6-13H2,1-2H3. The summed E-state index contributed by atoms with van der Waals surface area (Å²) in [6, 6.07) is 8.39. The number of anilines is 1. The van der Waals surface area contributed by atoms with E-state index >= 15 is 0 Å². The van der Waals surface area contributed by atoms with Crippen LogP contribution < -0.4 is 4.90 Å². The van der Waals surface area contributed by atoms with Gasteiger partial charge in [-0.3, -0.25) is 9.59 Å². The van der Waals surface area contributed by atoms with E-state index in [9.17, 15) is 9.59 Å². The highest BCUT2D eigenvalue weighted by atomic mass is 16.2. The number of hydrogen-bond donors (Lipinski definition) is 0. The van der Waals surface area contributed by atoms with Gasteiger partial charge in [-0.1, -0.05) is 12.1 Å². The number of amides is 2. The molecule has 2 fully saturated rings. The lowest BCUT2D eigenvalue weighted by Crippen LogP contribution is -2.56. The first-order valence-corrected chi connectivity index (χ1v) is 8.63. The fraction of sp³-hybridized carbons (Fsp3) is 0.556. The van der Waals surface area contributed by atoms with E-state index in [0.29, 0.717) is 26.2 Å². The van der Waals surface area contributed by atoms with Gasteiger partial charge in [-0.15, -0.1) is 0 Å².